The number of rotatable bonds is 4. The average Bonchev–Trinajstić information content (AvgIpc) is 2.25. The van der Waals surface area contributed by atoms with Gasteiger partial charge in [0.05, 0.1) is 5.56 Å². The van der Waals surface area contributed by atoms with E-state index in [0.717, 1.165) is 18.6 Å². The topological polar surface area (TPSA) is 75.3 Å². The van der Waals surface area contributed by atoms with Crippen molar-refractivity contribution in [2.75, 3.05) is 6.54 Å². The van der Waals surface area contributed by atoms with Crippen molar-refractivity contribution in [1.82, 2.24) is 5.32 Å². The molecule has 1 aromatic rings. The number of nitrogens with one attached hydrogen (secondary N) is 1. The lowest BCUT2D eigenvalue weighted by atomic mass is 10.1. The molecule has 0 saturated carbocycles. The third-order valence-corrected chi connectivity index (χ3v) is 2.25. The zero-order valence-corrected chi connectivity index (χ0v) is 9.03. The first-order valence-corrected chi connectivity index (χ1v) is 5.07. The van der Waals surface area contributed by atoms with Crippen molar-refractivity contribution in [2.45, 2.75) is 19.4 Å². The molecule has 16 heavy (non-hydrogen) atoms. The van der Waals surface area contributed by atoms with Gasteiger partial charge < -0.3 is 16.2 Å². The molecule has 0 bridgehead atoms. The molecule has 0 fully saturated rings. The Labute approximate surface area is 93.3 Å². The number of hydrogen-bond acceptors (Lipinski definition) is 3. The lowest BCUT2D eigenvalue weighted by molar-refractivity contribution is 0.0948. The number of phenolic OH excluding ortho intramolecular Hbond substituents is 1. The monoisotopic (exact) mass is 226 g/mol. The van der Waals surface area contributed by atoms with Crippen LogP contribution in [0, 0.1) is 5.82 Å². The van der Waals surface area contributed by atoms with E-state index in [1.807, 2.05) is 6.92 Å². The normalized spacial score (nSPS) is 12.2. The van der Waals surface area contributed by atoms with E-state index in [9.17, 15) is 14.3 Å². The van der Waals surface area contributed by atoms with Gasteiger partial charge in [-0.05, 0) is 18.6 Å². The zero-order chi connectivity index (χ0) is 12.1. The van der Waals surface area contributed by atoms with Crippen LogP contribution in [0.5, 0.6) is 5.75 Å². The summed E-state index contributed by atoms with van der Waals surface area (Å²) in [6.45, 7) is 2.23. The van der Waals surface area contributed by atoms with Gasteiger partial charge in [0.25, 0.3) is 5.91 Å². The molecular weight excluding hydrogens is 211 g/mol. The van der Waals surface area contributed by atoms with Crippen LogP contribution in [0.4, 0.5) is 4.39 Å². The Hall–Kier alpha value is -1.62. The Morgan fingerprint density at radius 1 is 1.62 bits per heavy atom. The predicted octanol–water partition coefficient (Wildman–Crippen LogP) is 0.998. The van der Waals surface area contributed by atoms with Crippen molar-refractivity contribution in [3.8, 4) is 5.75 Å². The highest BCUT2D eigenvalue weighted by molar-refractivity contribution is 5.96. The molecule has 1 amide bonds. The summed E-state index contributed by atoms with van der Waals surface area (Å²) in [5, 5.41) is 11.9. The maximum absolute atomic E-state index is 12.7. The van der Waals surface area contributed by atoms with Crippen LogP contribution in [0.3, 0.4) is 0 Å². The molecule has 0 aromatic heterocycles. The first-order chi connectivity index (χ1) is 7.54. The van der Waals surface area contributed by atoms with Crippen LogP contribution in [0.25, 0.3) is 0 Å². The highest BCUT2D eigenvalue weighted by Crippen LogP contribution is 2.17. The zero-order valence-electron chi connectivity index (χ0n) is 9.03. The van der Waals surface area contributed by atoms with Crippen LogP contribution in [-0.2, 0) is 0 Å². The van der Waals surface area contributed by atoms with Gasteiger partial charge in [0.15, 0.2) is 0 Å². The predicted molar refractivity (Wildman–Crippen MR) is 58.7 cm³/mol. The van der Waals surface area contributed by atoms with Gasteiger partial charge in [-0.25, -0.2) is 4.39 Å². The molecule has 1 rings (SSSR count). The molecular formula is C11H15FN2O2. The van der Waals surface area contributed by atoms with Gasteiger partial charge in [0.2, 0.25) is 0 Å². The SMILES string of the molecule is CCC(N)CNC(=O)c1ccc(F)cc1O. The van der Waals surface area contributed by atoms with Gasteiger partial charge in [-0.1, -0.05) is 6.92 Å². The highest BCUT2D eigenvalue weighted by atomic mass is 19.1. The quantitative estimate of drug-likeness (QED) is 0.717. The van der Waals surface area contributed by atoms with Crippen LogP contribution in [0.1, 0.15) is 23.7 Å². The lowest BCUT2D eigenvalue weighted by Crippen LogP contribution is -2.36. The molecule has 1 atom stereocenters. The largest absolute Gasteiger partial charge is 0.507 e. The summed E-state index contributed by atoms with van der Waals surface area (Å²) >= 11 is 0. The summed E-state index contributed by atoms with van der Waals surface area (Å²) in [4.78, 5) is 11.5. The first kappa shape index (κ1) is 12.4. The first-order valence-electron chi connectivity index (χ1n) is 5.07. The number of phenols is 1. The molecule has 1 unspecified atom stereocenters. The van der Waals surface area contributed by atoms with Gasteiger partial charge in [-0.2, -0.15) is 0 Å². The van der Waals surface area contributed by atoms with E-state index in [0.29, 0.717) is 6.54 Å². The second-order valence-corrected chi connectivity index (χ2v) is 3.54. The smallest absolute Gasteiger partial charge is 0.255 e. The molecule has 0 aliphatic rings. The van der Waals surface area contributed by atoms with Crippen molar-refractivity contribution in [3.05, 3.63) is 29.6 Å². The summed E-state index contributed by atoms with van der Waals surface area (Å²) in [7, 11) is 0. The van der Waals surface area contributed by atoms with Crippen molar-refractivity contribution < 1.29 is 14.3 Å². The fourth-order valence-corrected chi connectivity index (χ4v) is 1.16. The molecule has 0 spiro atoms. The fraction of sp³-hybridized carbons (Fsp3) is 0.364. The Morgan fingerprint density at radius 2 is 2.31 bits per heavy atom. The number of benzene rings is 1. The van der Waals surface area contributed by atoms with E-state index in [2.05, 4.69) is 5.32 Å². The Bertz CT molecular complexity index is 382. The molecule has 0 radical (unpaired) electrons. The molecule has 0 aliphatic carbocycles. The van der Waals surface area contributed by atoms with Crippen LogP contribution < -0.4 is 11.1 Å². The number of nitrogens with two attached hydrogens (primary N) is 1. The Balaban J connectivity index is 2.66. The van der Waals surface area contributed by atoms with Gasteiger partial charge in [0.1, 0.15) is 11.6 Å². The second-order valence-electron chi connectivity index (χ2n) is 3.54. The van der Waals surface area contributed by atoms with Crippen LogP contribution in [0.2, 0.25) is 0 Å². The molecule has 1 aromatic carbocycles. The number of hydrogen-bond donors (Lipinski definition) is 3. The van der Waals surface area contributed by atoms with Crippen molar-refractivity contribution >= 4 is 5.91 Å². The van der Waals surface area contributed by atoms with Crippen LogP contribution in [-0.4, -0.2) is 23.6 Å². The van der Waals surface area contributed by atoms with Gasteiger partial charge in [-0.3, -0.25) is 4.79 Å². The van der Waals surface area contributed by atoms with Crippen molar-refractivity contribution in [1.29, 1.82) is 0 Å². The standard InChI is InChI=1S/C11H15FN2O2/c1-2-8(13)6-14-11(16)9-4-3-7(12)5-10(9)15/h3-5,8,15H,2,6,13H2,1H3,(H,14,16). The van der Waals surface area contributed by atoms with Crippen LogP contribution >= 0.6 is 0 Å². The van der Waals surface area contributed by atoms with Crippen molar-refractivity contribution in [3.63, 3.8) is 0 Å². The molecule has 0 saturated heterocycles. The van der Waals surface area contributed by atoms with E-state index in [-0.39, 0.29) is 17.4 Å². The van der Waals surface area contributed by atoms with E-state index in [1.54, 1.807) is 0 Å². The van der Waals surface area contributed by atoms with Gasteiger partial charge in [0, 0.05) is 18.7 Å². The minimum atomic E-state index is -0.584. The highest BCUT2D eigenvalue weighted by Gasteiger charge is 2.12. The molecule has 4 N–H and O–H groups in total. The minimum absolute atomic E-state index is 0.0460. The Morgan fingerprint density at radius 3 is 2.88 bits per heavy atom. The average molecular weight is 226 g/mol. The molecule has 4 nitrogen and oxygen atoms in total. The number of amides is 1. The summed E-state index contributed by atoms with van der Waals surface area (Å²) in [5.74, 6) is -1.41. The fourth-order valence-electron chi connectivity index (χ4n) is 1.16. The lowest BCUT2D eigenvalue weighted by Gasteiger charge is -2.10. The summed E-state index contributed by atoms with van der Waals surface area (Å²) < 4.78 is 12.7. The number of carbonyl (C=O) groups excluding carboxylic acids is 1. The van der Waals surface area contributed by atoms with Crippen molar-refractivity contribution in [2.24, 2.45) is 5.73 Å². The van der Waals surface area contributed by atoms with Crippen LogP contribution in [0.15, 0.2) is 18.2 Å². The van der Waals surface area contributed by atoms with Gasteiger partial charge in [-0.15, -0.1) is 0 Å². The molecule has 0 aliphatic heterocycles. The third kappa shape index (κ3) is 3.20. The number of aromatic hydroxyl groups is 1. The van der Waals surface area contributed by atoms with E-state index < -0.39 is 11.7 Å². The number of carbonyl (C=O) groups is 1. The van der Waals surface area contributed by atoms with Gasteiger partial charge >= 0.3 is 0 Å². The molecule has 5 heteroatoms. The maximum atomic E-state index is 12.7. The molecule has 0 heterocycles. The number of halogens is 1. The molecule has 88 valence electrons. The summed E-state index contributed by atoms with van der Waals surface area (Å²) in [6, 6.07) is 3.13. The van der Waals surface area contributed by atoms with E-state index in [1.165, 1.54) is 6.07 Å². The second kappa shape index (κ2) is 5.46. The summed E-state index contributed by atoms with van der Waals surface area (Å²) in [6.07, 6.45) is 0.746. The van der Waals surface area contributed by atoms with E-state index in [4.69, 9.17) is 5.73 Å². The maximum Gasteiger partial charge on any atom is 0.255 e. The summed E-state index contributed by atoms with van der Waals surface area (Å²) in [5.41, 5.74) is 5.67. The third-order valence-electron chi connectivity index (χ3n) is 2.25. The Kier molecular flexibility index (Phi) is 4.25. The minimum Gasteiger partial charge on any atom is -0.507 e. The van der Waals surface area contributed by atoms with E-state index >= 15 is 0 Å².